The number of hydrogen-bond acceptors (Lipinski definition) is 4. The van der Waals surface area contributed by atoms with Crippen molar-refractivity contribution in [3.63, 3.8) is 0 Å². The Morgan fingerprint density at radius 1 is 1.24 bits per heavy atom. The Hall–Kier alpha value is -1.95. The molecule has 0 bridgehead atoms. The van der Waals surface area contributed by atoms with Crippen molar-refractivity contribution in [3.8, 4) is 0 Å². The molecule has 2 heterocycles. The number of halogens is 1. The van der Waals surface area contributed by atoms with Crippen molar-refractivity contribution in [2.45, 2.75) is 32.6 Å². The van der Waals surface area contributed by atoms with Crippen molar-refractivity contribution >= 4 is 22.9 Å². The lowest BCUT2D eigenvalue weighted by Gasteiger charge is -2.36. The fourth-order valence-electron chi connectivity index (χ4n) is 2.98. The van der Waals surface area contributed by atoms with Crippen LogP contribution in [0.25, 0.3) is 0 Å². The highest BCUT2D eigenvalue weighted by Gasteiger charge is 2.22. The van der Waals surface area contributed by atoms with Gasteiger partial charge in [-0.25, -0.2) is 9.37 Å². The minimum atomic E-state index is -0.202. The fourth-order valence-corrected chi connectivity index (χ4v) is 3.94. The zero-order valence-corrected chi connectivity index (χ0v) is 15.6. The van der Waals surface area contributed by atoms with Gasteiger partial charge in [-0.05, 0) is 18.1 Å². The van der Waals surface area contributed by atoms with Gasteiger partial charge in [0.2, 0.25) is 5.91 Å². The molecular formula is C19H24FN3OS. The summed E-state index contributed by atoms with van der Waals surface area (Å²) in [6, 6.07) is 6.81. The second kappa shape index (κ2) is 7.95. The molecule has 0 unspecified atom stereocenters. The normalized spacial score (nSPS) is 15.0. The summed E-state index contributed by atoms with van der Waals surface area (Å²) in [4.78, 5) is 20.9. The molecule has 3 rings (SSSR count). The van der Waals surface area contributed by atoms with Crippen LogP contribution in [0.5, 0.6) is 0 Å². The maximum atomic E-state index is 13.9. The van der Waals surface area contributed by atoms with Crippen LogP contribution in [-0.2, 0) is 11.2 Å². The standard InChI is InChI=1S/C19H24FN3OS/c1-14(2)16-13-25-18(21-16)7-8-19(24)23-11-9-22(10-12-23)17-6-4-3-5-15(17)20/h3-6,13-14H,7-12H2,1-2H3. The quantitative estimate of drug-likeness (QED) is 0.815. The van der Waals surface area contributed by atoms with Crippen LogP contribution in [0.2, 0.25) is 0 Å². The number of piperazine rings is 1. The first-order chi connectivity index (χ1) is 12.0. The molecule has 6 heteroatoms. The minimum Gasteiger partial charge on any atom is -0.366 e. The third-order valence-electron chi connectivity index (χ3n) is 4.54. The lowest BCUT2D eigenvalue weighted by atomic mass is 10.2. The van der Waals surface area contributed by atoms with Crippen LogP contribution in [0.1, 0.15) is 36.9 Å². The second-order valence-electron chi connectivity index (χ2n) is 6.64. The van der Waals surface area contributed by atoms with Gasteiger partial charge in [-0.3, -0.25) is 4.79 Å². The van der Waals surface area contributed by atoms with Gasteiger partial charge in [0, 0.05) is 44.4 Å². The van der Waals surface area contributed by atoms with Crippen molar-refractivity contribution in [1.29, 1.82) is 0 Å². The van der Waals surface area contributed by atoms with Gasteiger partial charge in [-0.2, -0.15) is 0 Å². The van der Waals surface area contributed by atoms with Gasteiger partial charge < -0.3 is 9.80 Å². The van der Waals surface area contributed by atoms with Gasteiger partial charge in [0.05, 0.1) is 16.4 Å². The van der Waals surface area contributed by atoms with Crippen LogP contribution < -0.4 is 4.90 Å². The van der Waals surface area contributed by atoms with E-state index in [-0.39, 0.29) is 11.7 Å². The second-order valence-corrected chi connectivity index (χ2v) is 7.58. The zero-order chi connectivity index (χ0) is 17.8. The molecule has 0 N–H and O–H groups in total. The van der Waals surface area contributed by atoms with E-state index >= 15 is 0 Å². The van der Waals surface area contributed by atoms with E-state index in [1.807, 2.05) is 15.9 Å². The summed E-state index contributed by atoms with van der Waals surface area (Å²) in [6.07, 6.45) is 1.19. The van der Waals surface area contributed by atoms with E-state index in [9.17, 15) is 9.18 Å². The van der Waals surface area contributed by atoms with E-state index in [1.165, 1.54) is 6.07 Å². The molecule has 0 aliphatic carbocycles. The van der Waals surface area contributed by atoms with E-state index in [0.29, 0.717) is 50.6 Å². The third kappa shape index (κ3) is 4.37. The predicted molar refractivity (Wildman–Crippen MR) is 99.7 cm³/mol. The first kappa shape index (κ1) is 17.9. The minimum absolute atomic E-state index is 0.162. The highest BCUT2D eigenvalue weighted by atomic mass is 32.1. The summed E-state index contributed by atoms with van der Waals surface area (Å²) < 4.78 is 13.9. The number of benzene rings is 1. The summed E-state index contributed by atoms with van der Waals surface area (Å²) in [7, 11) is 0. The Bertz CT molecular complexity index is 723. The molecular weight excluding hydrogens is 337 g/mol. The maximum Gasteiger partial charge on any atom is 0.223 e. The van der Waals surface area contributed by atoms with Crippen molar-refractivity contribution in [1.82, 2.24) is 9.88 Å². The first-order valence-corrected chi connectivity index (χ1v) is 9.64. The van der Waals surface area contributed by atoms with Crippen LogP contribution in [0.3, 0.4) is 0 Å². The Kier molecular flexibility index (Phi) is 5.68. The first-order valence-electron chi connectivity index (χ1n) is 8.76. The van der Waals surface area contributed by atoms with Crippen LogP contribution in [-0.4, -0.2) is 42.0 Å². The number of aryl methyl sites for hydroxylation is 1. The summed E-state index contributed by atoms with van der Waals surface area (Å²) in [5.41, 5.74) is 1.73. The molecule has 1 aliphatic heterocycles. The summed E-state index contributed by atoms with van der Waals surface area (Å²) >= 11 is 1.63. The average Bonchev–Trinajstić information content (AvgIpc) is 3.10. The number of anilines is 1. The monoisotopic (exact) mass is 361 g/mol. The van der Waals surface area contributed by atoms with Crippen molar-refractivity contribution in [3.05, 3.63) is 46.2 Å². The molecule has 0 atom stereocenters. The van der Waals surface area contributed by atoms with Crippen LogP contribution in [0.4, 0.5) is 10.1 Å². The van der Waals surface area contributed by atoms with Gasteiger partial charge in [0.25, 0.3) is 0 Å². The number of amides is 1. The molecule has 2 aromatic rings. The van der Waals surface area contributed by atoms with Crippen LogP contribution in [0.15, 0.2) is 29.6 Å². The largest absolute Gasteiger partial charge is 0.366 e. The van der Waals surface area contributed by atoms with Gasteiger partial charge in [0.1, 0.15) is 5.82 Å². The number of hydrogen-bond donors (Lipinski definition) is 0. The highest BCUT2D eigenvalue weighted by molar-refractivity contribution is 7.09. The molecule has 0 saturated carbocycles. The van der Waals surface area contributed by atoms with E-state index in [1.54, 1.807) is 23.5 Å². The Balaban J connectivity index is 1.49. The molecule has 1 aliphatic rings. The molecule has 1 saturated heterocycles. The van der Waals surface area contributed by atoms with Gasteiger partial charge in [-0.15, -0.1) is 11.3 Å². The van der Waals surface area contributed by atoms with Crippen LogP contribution >= 0.6 is 11.3 Å². The van der Waals surface area contributed by atoms with Gasteiger partial charge in [-0.1, -0.05) is 26.0 Å². The Morgan fingerprint density at radius 3 is 2.60 bits per heavy atom. The van der Waals surface area contributed by atoms with Crippen molar-refractivity contribution < 1.29 is 9.18 Å². The molecule has 134 valence electrons. The van der Waals surface area contributed by atoms with Crippen molar-refractivity contribution in [2.24, 2.45) is 0 Å². The lowest BCUT2D eigenvalue weighted by Crippen LogP contribution is -2.49. The fraction of sp³-hybridized carbons (Fsp3) is 0.474. The number of carbonyl (C=O) groups is 1. The van der Waals surface area contributed by atoms with E-state index in [0.717, 1.165) is 10.7 Å². The predicted octanol–water partition coefficient (Wildman–Crippen LogP) is 3.69. The molecule has 1 aromatic carbocycles. The van der Waals surface area contributed by atoms with Gasteiger partial charge >= 0.3 is 0 Å². The molecule has 1 aromatic heterocycles. The smallest absolute Gasteiger partial charge is 0.223 e. The number of nitrogens with zero attached hydrogens (tertiary/aromatic N) is 3. The number of aromatic nitrogens is 1. The molecule has 1 amide bonds. The van der Waals surface area contributed by atoms with E-state index in [4.69, 9.17) is 0 Å². The zero-order valence-electron chi connectivity index (χ0n) is 14.7. The number of thiazole rings is 1. The van der Waals surface area contributed by atoms with Gasteiger partial charge in [0.15, 0.2) is 0 Å². The van der Waals surface area contributed by atoms with E-state index in [2.05, 4.69) is 24.2 Å². The molecule has 0 spiro atoms. The number of rotatable bonds is 5. The van der Waals surface area contributed by atoms with Crippen LogP contribution in [0, 0.1) is 5.82 Å². The molecule has 25 heavy (non-hydrogen) atoms. The Labute approximate surface area is 152 Å². The number of carbonyl (C=O) groups excluding carboxylic acids is 1. The molecule has 4 nitrogen and oxygen atoms in total. The lowest BCUT2D eigenvalue weighted by molar-refractivity contribution is -0.131. The summed E-state index contributed by atoms with van der Waals surface area (Å²) in [5.74, 6) is 0.383. The molecule has 0 radical (unpaired) electrons. The topological polar surface area (TPSA) is 36.4 Å². The van der Waals surface area contributed by atoms with Crippen molar-refractivity contribution in [2.75, 3.05) is 31.1 Å². The Morgan fingerprint density at radius 2 is 1.96 bits per heavy atom. The highest BCUT2D eigenvalue weighted by Crippen LogP contribution is 2.21. The summed E-state index contributed by atoms with van der Waals surface area (Å²) in [6.45, 7) is 6.87. The molecule has 1 fully saturated rings. The maximum absolute atomic E-state index is 13.9. The number of para-hydroxylation sites is 1. The van der Waals surface area contributed by atoms with E-state index < -0.39 is 0 Å². The SMILES string of the molecule is CC(C)c1csc(CCC(=O)N2CCN(c3ccccc3F)CC2)n1. The third-order valence-corrected chi connectivity index (χ3v) is 5.47. The average molecular weight is 361 g/mol. The summed E-state index contributed by atoms with van der Waals surface area (Å²) in [5, 5.41) is 3.11.